The molecule has 0 fully saturated rings. The van der Waals surface area contributed by atoms with Crippen molar-refractivity contribution < 1.29 is 49.5 Å². The number of aldehydes is 1. The molecule has 0 heterocycles. The Morgan fingerprint density at radius 2 is 1.25 bits per heavy atom. The minimum atomic E-state index is -3.87. The lowest BCUT2D eigenvalue weighted by atomic mass is 9.62. The number of aliphatic hydroxyl groups excluding tert-OH is 2. The standard InChI is InChI=1S/C14H20O10/c1-6(16)10(20)11(21)13(23,8(3)18)14(24,9(4)19)12(22,5-15)7(2)17/h5,10-11,20-24H,1-4H3/t10?,11-,12-,13?,14?/m1/s1. The van der Waals surface area contributed by atoms with E-state index in [-0.39, 0.29) is 0 Å². The van der Waals surface area contributed by atoms with Gasteiger partial charge in [0.1, 0.15) is 12.2 Å². The number of ketones is 4. The summed E-state index contributed by atoms with van der Waals surface area (Å²) in [6.45, 7) is 2.42. The molecule has 0 rings (SSSR count). The van der Waals surface area contributed by atoms with Gasteiger partial charge in [-0.05, 0) is 27.7 Å². The number of carbonyl (C=O) groups is 5. The first-order valence-corrected chi connectivity index (χ1v) is 6.69. The van der Waals surface area contributed by atoms with E-state index < -0.39 is 58.4 Å². The van der Waals surface area contributed by atoms with E-state index in [0.29, 0.717) is 20.8 Å². The normalized spacial score (nSPS) is 21.4. The molecule has 0 saturated carbocycles. The Bertz CT molecular complexity index is 584. The first kappa shape index (κ1) is 22.1. The summed E-state index contributed by atoms with van der Waals surface area (Å²) >= 11 is 0. The molecule has 0 bridgehead atoms. The average Bonchev–Trinajstić information content (AvgIpc) is 2.49. The summed E-state index contributed by atoms with van der Waals surface area (Å²) in [5, 5.41) is 50.9. The van der Waals surface area contributed by atoms with E-state index in [9.17, 15) is 49.5 Å². The van der Waals surface area contributed by atoms with E-state index in [4.69, 9.17) is 0 Å². The lowest BCUT2D eigenvalue weighted by molar-refractivity contribution is -0.248. The van der Waals surface area contributed by atoms with Crippen LogP contribution in [0.25, 0.3) is 0 Å². The van der Waals surface area contributed by atoms with Crippen molar-refractivity contribution in [3.05, 3.63) is 0 Å². The van der Waals surface area contributed by atoms with Gasteiger partial charge in [-0.2, -0.15) is 0 Å². The van der Waals surface area contributed by atoms with Crippen molar-refractivity contribution in [3.8, 4) is 0 Å². The molecule has 5 atom stereocenters. The van der Waals surface area contributed by atoms with Crippen LogP contribution in [0.4, 0.5) is 0 Å². The molecule has 10 nitrogen and oxygen atoms in total. The van der Waals surface area contributed by atoms with E-state index >= 15 is 0 Å². The first-order valence-electron chi connectivity index (χ1n) is 6.69. The molecular weight excluding hydrogens is 328 g/mol. The van der Waals surface area contributed by atoms with Crippen molar-refractivity contribution in [1.82, 2.24) is 0 Å². The van der Waals surface area contributed by atoms with Crippen LogP contribution < -0.4 is 0 Å². The molecule has 136 valence electrons. The molecule has 0 aliphatic carbocycles. The molecular formula is C14H20O10. The zero-order valence-corrected chi connectivity index (χ0v) is 13.5. The van der Waals surface area contributed by atoms with Gasteiger partial charge in [0.25, 0.3) is 0 Å². The number of aliphatic hydroxyl groups is 5. The van der Waals surface area contributed by atoms with E-state index in [1.165, 1.54) is 0 Å². The summed E-state index contributed by atoms with van der Waals surface area (Å²) in [4.78, 5) is 57.8. The maximum Gasteiger partial charge on any atom is 0.217 e. The van der Waals surface area contributed by atoms with Gasteiger partial charge in [-0.25, -0.2) is 0 Å². The van der Waals surface area contributed by atoms with E-state index in [0.717, 1.165) is 6.92 Å². The quantitative estimate of drug-likeness (QED) is 0.206. The third-order valence-corrected chi connectivity index (χ3v) is 4.00. The van der Waals surface area contributed by atoms with Gasteiger partial charge in [-0.3, -0.25) is 24.0 Å². The Balaban J connectivity index is 6.89. The number of carbonyl (C=O) groups excluding carboxylic acids is 5. The summed E-state index contributed by atoms with van der Waals surface area (Å²) < 4.78 is 0. The van der Waals surface area contributed by atoms with Gasteiger partial charge in [0.2, 0.25) is 11.2 Å². The fourth-order valence-electron chi connectivity index (χ4n) is 2.38. The maximum absolute atomic E-state index is 11.9. The van der Waals surface area contributed by atoms with Gasteiger partial charge in [0.15, 0.2) is 35.0 Å². The second kappa shape index (κ2) is 6.95. The highest BCUT2D eigenvalue weighted by Gasteiger charge is 2.73. The second-order valence-electron chi connectivity index (χ2n) is 5.53. The van der Waals surface area contributed by atoms with E-state index in [1.54, 1.807) is 0 Å². The largest absolute Gasteiger partial charge is 0.386 e. The highest BCUT2D eigenvalue weighted by Crippen LogP contribution is 2.38. The monoisotopic (exact) mass is 348 g/mol. The van der Waals surface area contributed by atoms with Crippen LogP contribution in [0.15, 0.2) is 0 Å². The maximum atomic E-state index is 11.9. The fourth-order valence-corrected chi connectivity index (χ4v) is 2.38. The molecule has 0 amide bonds. The summed E-state index contributed by atoms with van der Waals surface area (Å²) in [7, 11) is 0. The predicted molar refractivity (Wildman–Crippen MR) is 75.7 cm³/mol. The predicted octanol–water partition coefficient (Wildman–Crippen LogP) is -3.54. The molecule has 0 radical (unpaired) electrons. The van der Waals surface area contributed by atoms with Gasteiger partial charge in [0.05, 0.1) is 0 Å². The van der Waals surface area contributed by atoms with Crippen LogP contribution in [-0.4, -0.2) is 84.0 Å². The Morgan fingerprint density at radius 3 is 1.46 bits per heavy atom. The smallest absolute Gasteiger partial charge is 0.217 e. The minimum Gasteiger partial charge on any atom is -0.386 e. The number of Topliss-reactive ketones (excluding diaryl/α,β-unsaturated/α-hetero) is 4. The minimum absolute atomic E-state index is 0.526. The Hall–Kier alpha value is -1.85. The van der Waals surface area contributed by atoms with Crippen molar-refractivity contribution >= 4 is 29.4 Å². The van der Waals surface area contributed by atoms with Crippen LogP contribution in [0.2, 0.25) is 0 Å². The van der Waals surface area contributed by atoms with Crippen LogP contribution in [0.3, 0.4) is 0 Å². The topological polar surface area (TPSA) is 186 Å². The molecule has 24 heavy (non-hydrogen) atoms. The van der Waals surface area contributed by atoms with Crippen LogP contribution in [-0.2, 0) is 24.0 Å². The first-order chi connectivity index (χ1) is 10.7. The molecule has 0 aromatic carbocycles. The second-order valence-corrected chi connectivity index (χ2v) is 5.53. The third kappa shape index (κ3) is 2.82. The summed E-state index contributed by atoms with van der Waals surface area (Å²) in [6.07, 6.45) is -5.88. The van der Waals surface area contributed by atoms with Gasteiger partial charge in [-0.15, -0.1) is 0 Å². The Kier molecular flexibility index (Phi) is 6.41. The van der Waals surface area contributed by atoms with Crippen LogP contribution in [0, 0.1) is 0 Å². The Morgan fingerprint density at radius 1 is 0.833 bits per heavy atom. The fraction of sp³-hybridized carbons (Fsp3) is 0.643. The zero-order valence-electron chi connectivity index (χ0n) is 13.5. The summed E-state index contributed by atoms with van der Waals surface area (Å²) in [6, 6.07) is 0. The lowest BCUT2D eigenvalue weighted by Crippen LogP contribution is -2.80. The summed E-state index contributed by atoms with van der Waals surface area (Å²) in [5.74, 6) is -5.92. The SMILES string of the molecule is CC(=O)C(O)[C@@H](O)C(O)(C(C)=O)C(O)(C(C)=O)[C@@](O)(C=O)C(C)=O. The molecule has 0 saturated heterocycles. The number of rotatable bonds is 9. The van der Waals surface area contributed by atoms with Crippen LogP contribution >= 0.6 is 0 Å². The van der Waals surface area contributed by atoms with E-state index in [2.05, 4.69) is 0 Å². The average molecular weight is 348 g/mol. The third-order valence-electron chi connectivity index (χ3n) is 4.00. The van der Waals surface area contributed by atoms with Crippen LogP contribution in [0.1, 0.15) is 27.7 Å². The van der Waals surface area contributed by atoms with Gasteiger partial charge >= 0.3 is 0 Å². The Labute approximate surface area is 136 Å². The molecule has 3 unspecified atom stereocenters. The number of hydrogen-bond donors (Lipinski definition) is 5. The molecule has 0 aromatic heterocycles. The van der Waals surface area contributed by atoms with Crippen LogP contribution in [0.5, 0.6) is 0 Å². The van der Waals surface area contributed by atoms with Gasteiger partial charge in [-0.1, -0.05) is 0 Å². The molecule has 0 spiro atoms. The van der Waals surface area contributed by atoms with Crippen molar-refractivity contribution in [1.29, 1.82) is 0 Å². The molecule has 0 aliphatic rings. The van der Waals surface area contributed by atoms with E-state index in [1.807, 2.05) is 0 Å². The molecule has 5 N–H and O–H groups in total. The molecule has 0 aliphatic heterocycles. The van der Waals surface area contributed by atoms with Crippen molar-refractivity contribution in [2.24, 2.45) is 0 Å². The highest BCUT2D eigenvalue weighted by atomic mass is 16.4. The molecule has 0 aromatic rings. The summed E-state index contributed by atoms with van der Waals surface area (Å²) in [5.41, 5.74) is -11.2. The van der Waals surface area contributed by atoms with Crippen molar-refractivity contribution in [2.75, 3.05) is 0 Å². The lowest BCUT2D eigenvalue weighted by Gasteiger charge is -2.48. The van der Waals surface area contributed by atoms with Gasteiger partial charge < -0.3 is 25.5 Å². The van der Waals surface area contributed by atoms with Gasteiger partial charge in [0, 0.05) is 0 Å². The zero-order chi connectivity index (χ0) is 19.7. The van der Waals surface area contributed by atoms with Crippen molar-refractivity contribution in [2.45, 2.75) is 56.7 Å². The van der Waals surface area contributed by atoms with Crippen molar-refractivity contribution in [3.63, 3.8) is 0 Å². The number of hydrogen-bond acceptors (Lipinski definition) is 10. The molecule has 10 heteroatoms. The highest BCUT2D eigenvalue weighted by molar-refractivity contribution is 6.12.